The van der Waals surface area contributed by atoms with Crippen LogP contribution in [0.2, 0.25) is 0 Å². The highest BCUT2D eigenvalue weighted by atomic mass is 32.1. The monoisotopic (exact) mass is 308 g/mol. The SMILES string of the molecule is CNCc1sc2cccc(F)c2c1CN(C)C(C)C(C)C. The molecule has 0 radical (unpaired) electrons. The quantitative estimate of drug-likeness (QED) is 0.859. The molecule has 1 unspecified atom stereocenters. The van der Waals surface area contributed by atoms with Gasteiger partial charge in [-0.2, -0.15) is 0 Å². The number of fused-ring (bicyclic) bond motifs is 1. The van der Waals surface area contributed by atoms with E-state index in [4.69, 9.17) is 0 Å². The number of halogens is 1. The van der Waals surface area contributed by atoms with Crippen LogP contribution >= 0.6 is 11.3 Å². The van der Waals surface area contributed by atoms with Crippen molar-refractivity contribution in [1.82, 2.24) is 10.2 Å². The third kappa shape index (κ3) is 3.44. The number of hydrogen-bond acceptors (Lipinski definition) is 3. The van der Waals surface area contributed by atoms with Crippen LogP contribution in [-0.4, -0.2) is 25.0 Å². The number of nitrogens with zero attached hydrogens (tertiary/aromatic N) is 1. The first-order valence-corrected chi connectivity index (χ1v) is 8.31. The molecule has 21 heavy (non-hydrogen) atoms. The molecule has 1 aromatic carbocycles. The fraction of sp³-hybridized carbons (Fsp3) is 0.529. The Morgan fingerprint density at radius 2 is 2.00 bits per heavy atom. The highest BCUT2D eigenvalue weighted by Gasteiger charge is 2.19. The summed E-state index contributed by atoms with van der Waals surface area (Å²) in [4.78, 5) is 3.55. The van der Waals surface area contributed by atoms with Gasteiger partial charge in [0, 0.05) is 34.1 Å². The molecule has 1 N–H and O–H groups in total. The second kappa shape index (κ2) is 6.86. The summed E-state index contributed by atoms with van der Waals surface area (Å²) in [5.41, 5.74) is 1.14. The molecular formula is C17H25FN2S. The van der Waals surface area contributed by atoms with Gasteiger partial charge < -0.3 is 5.32 Å². The summed E-state index contributed by atoms with van der Waals surface area (Å²) in [7, 11) is 4.06. The van der Waals surface area contributed by atoms with E-state index >= 15 is 0 Å². The van der Waals surface area contributed by atoms with Crippen LogP contribution in [-0.2, 0) is 13.1 Å². The minimum atomic E-state index is -0.105. The van der Waals surface area contributed by atoms with Gasteiger partial charge in [0.2, 0.25) is 0 Å². The van der Waals surface area contributed by atoms with E-state index in [1.807, 2.05) is 13.1 Å². The number of benzene rings is 1. The Morgan fingerprint density at radius 1 is 1.29 bits per heavy atom. The Labute approximate surface area is 131 Å². The Hall–Kier alpha value is -0.970. The van der Waals surface area contributed by atoms with Crippen molar-refractivity contribution in [2.75, 3.05) is 14.1 Å². The molecule has 0 bridgehead atoms. The summed E-state index contributed by atoms with van der Waals surface area (Å²) < 4.78 is 15.3. The molecule has 0 aliphatic rings. The fourth-order valence-electron chi connectivity index (χ4n) is 2.59. The molecular weight excluding hydrogens is 283 g/mol. The first kappa shape index (κ1) is 16.4. The van der Waals surface area contributed by atoms with Crippen LogP contribution in [0.25, 0.3) is 10.1 Å². The zero-order valence-electron chi connectivity index (χ0n) is 13.5. The molecule has 0 spiro atoms. The summed E-state index contributed by atoms with van der Waals surface area (Å²) in [5.74, 6) is 0.476. The highest BCUT2D eigenvalue weighted by molar-refractivity contribution is 7.19. The maximum Gasteiger partial charge on any atom is 0.132 e. The molecule has 0 amide bonds. The molecule has 0 aliphatic heterocycles. The summed E-state index contributed by atoms with van der Waals surface area (Å²) in [6, 6.07) is 5.83. The second-order valence-electron chi connectivity index (χ2n) is 6.05. The van der Waals surface area contributed by atoms with Gasteiger partial charge in [-0.25, -0.2) is 4.39 Å². The standard InChI is InChI=1S/C17H25FN2S/c1-11(2)12(3)20(5)10-13-16(9-19-4)21-15-8-6-7-14(18)17(13)15/h6-8,11-12,19H,9-10H2,1-5H3. The van der Waals surface area contributed by atoms with Crippen LogP contribution in [0.5, 0.6) is 0 Å². The summed E-state index contributed by atoms with van der Waals surface area (Å²) >= 11 is 1.70. The van der Waals surface area contributed by atoms with E-state index in [9.17, 15) is 4.39 Å². The first-order chi connectivity index (χ1) is 9.95. The topological polar surface area (TPSA) is 15.3 Å². The van der Waals surface area contributed by atoms with E-state index in [1.165, 1.54) is 4.88 Å². The van der Waals surface area contributed by atoms with Gasteiger partial charge >= 0.3 is 0 Å². The lowest BCUT2D eigenvalue weighted by molar-refractivity contribution is 0.201. The predicted octanol–water partition coefficient (Wildman–Crippen LogP) is 4.24. The molecule has 2 rings (SSSR count). The Balaban J connectivity index is 2.42. The van der Waals surface area contributed by atoms with Gasteiger partial charge in [-0.05, 0) is 44.6 Å². The van der Waals surface area contributed by atoms with E-state index in [-0.39, 0.29) is 5.82 Å². The van der Waals surface area contributed by atoms with E-state index in [0.29, 0.717) is 12.0 Å². The Bertz CT molecular complexity index is 606. The average molecular weight is 308 g/mol. The molecule has 2 aromatic rings. The van der Waals surface area contributed by atoms with Crippen molar-refractivity contribution in [2.24, 2.45) is 5.92 Å². The molecule has 1 aromatic heterocycles. The summed E-state index contributed by atoms with van der Waals surface area (Å²) in [5, 5.41) is 4.00. The zero-order valence-corrected chi connectivity index (χ0v) is 14.4. The minimum absolute atomic E-state index is 0.105. The van der Waals surface area contributed by atoms with Crippen LogP contribution in [0.15, 0.2) is 18.2 Å². The van der Waals surface area contributed by atoms with Crippen molar-refractivity contribution in [2.45, 2.75) is 39.9 Å². The van der Waals surface area contributed by atoms with Crippen LogP contribution in [0.1, 0.15) is 31.2 Å². The van der Waals surface area contributed by atoms with E-state index in [1.54, 1.807) is 23.5 Å². The second-order valence-corrected chi connectivity index (χ2v) is 7.18. The molecule has 0 fully saturated rings. The van der Waals surface area contributed by atoms with Crippen molar-refractivity contribution in [3.8, 4) is 0 Å². The lowest BCUT2D eigenvalue weighted by Crippen LogP contribution is -2.33. The van der Waals surface area contributed by atoms with Crippen molar-refractivity contribution in [3.05, 3.63) is 34.5 Å². The fourth-order valence-corrected chi connectivity index (χ4v) is 3.83. The number of hydrogen-bond donors (Lipinski definition) is 1. The predicted molar refractivity (Wildman–Crippen MR) is 90.3 cm³/mol. The minimum Gasteiger partial charge on any atom is -0.315 e. The van der Waals surface area contributed by atoms with Gasteiger partial charge in [-0.15, -0.1) is 11.3 Å². The van der Waals surface area contributed by atoms with Gasteiger partial charge in [0.1, 0.15) is 5.82 Å². The third-order valence-corrected chi connectivity index (χ3v) is 5.45. The zero-order chi connectivity index (χ0) is 15.6. The Morgan fingerprint density at radius 3 is 2.62 bits per heavy atom. The van der Waals surface area contributed by atoms with Crippen LogP contribution in [0.3, 0.4) is 0 Å². The van der Waals surface area contributed by atoms with E-state index in [2.05, 4.69) is 38.0 Å². The van der Waals surface area contributed by atoms with E-state index < -0.39 is 0 Å². The molecule has 0 saturated carbocycles. The molecule has 0 aliphatic carbocycles. The maximum atomic E-state index is 14.3. The maximum absolute atomic E-state index is 14.3. The van der Waals surface area contributed by atoms with Gasteiger partial charge in [-0.3, -0.25) is 4.90 Å². The number of rotatable bonds is 6. The Kier molecular flexibility index (Phi) is 5.36. The van der Waals surface area contributed by atoms with Gasteiger partial charge in [0.25, 0.3) is 0 Å². The van der Waals surface area contributed by atoms with Crippen molar-refractivity contribution in [3.63, 3.8) is 0 Å². The van der Waals surface area contributed by atoms with Crippen LogP contribution < -0.4 is 5.32 Å². The molecule has 116 valence electrons. The summed E-state index contributed by atoms with van der Waals surface area (Å²) in [6.45, 7) is 8.26. The van der Waals surface area contributed by atoms with Gasteiger partial charge in [-0.1, -0.05) is 19.9 Å². The smallest absolute Gasteiger partial charge is 0.132 e. The normalized spacial score (nSPS) is 13.5. The lowest BCUT2D eigenvalue weighted by Gasteiger charge is -2.28. The molecule has 1 atom stereocenters. The average Bonchev–Trinajstić information content (AvgIpc) is 2.77. The van der Waals surface area contributed by atoms with Crippen molar-refractivity contribution in [1.29, 1.82) is 0 Å². The van der Waals surface area contributed by atoms with Crippen molar-refractivity contribution >= 4 is 21.4 Å². The number of thiophene rings is 1. The first-order valence-electron chi connectivity index (χ1n) is 7.49. The third-order valence-electron chi connectivity index (χ3n) is 4.25. The molecule has 2 nitrogen and oxygen atoms in total. The van der Waals surface area contributed by atoms with Crippen LogP contribution in [0.4, 0.5) is 4.39 Å². The highest BCUT2D eigenvalue weighted by Crippen LogP contribution is 2.34. The van der Waals surface area contributed by atoms with Gasteiger partial charge in [0.05, 0.1) is 0 Å². The molecule has 4 heteroatoms. The van der Waals surface area contributed by atoms with E-state index in [0.717, 1.165) is 28.7 Å². The van der Waals surface area contributed by atoms with Crippen LogP contribution in [0, 0.1) is 11.7 Å². The van der Waals surface area contributed by atoms with Gasteiger partial charge in [0.15, 0.2) is 0 Å². The number of nitrogens with one attached hydrogen (secondary N) is 1. The van der Waals surface area contributed by atoms with Crippen molar-refractivity contribution < 1.29 is 4.39 Å². The summed E-state index contributed by atoms with van der Waals surface area (Å²) in [6.07, 6.45) is 0. The molecule has 1 heterocycles. The molecule has 0 saturated heterocycles. The largest absolute Gasteiger partial charge is 0.315 e. The lowest BCUT2D eigenvalue weighted by atomic mass is 10.0.